The van der Waals surface area contributed by atoms with Crippen molar-refractivity contribution in [2.24, 2.45) is 5.92 Å². The number of carbonyl (C=O) groups is 1. The summed E-state index contributed by atoms with van der Waals surface area (Å²) >= 11 is 0. The zero-order valence-corrected chi connectivity index (χ0v) is 7.94. The van der Waals surface area contributed by atoms with Gasteiger partial charge in [0.15, 0.2) is 5.76 Å². The van der Waals surface area contributed by atoms with E-state index in [4.69, 9.17) is 14.6 Å². The summed E-state index contributed by atoms with van der Waals surface area (Å²) in [6, 6.07) is 0. The summed E-state index contributed by atoms with van der Waals surface area (Å²) in [6.45, 7) is 3.46. The number of esters is 1. The highest BCUT2D eigenvalue weighted by atomic mass is 16.6. The molecule has 1 saturated carbocycles. The van der Waals surface area contributed by atoms with E-state index in [2.05, 4.69) is 6.58 Å². The fourth-order valence-electron chi connectivity index (χ4n) is 1.91. The Morgan fingerprint density at radius 1 is 1.50 bits per heavy atom. The maximum atomic E-state index is 10.9. The van der Waals surface area contributed by atoms with Crippen molar-refractivity contribution in [1.29, 1.82) is 0 Å². The van der Waals surface area contributed by atoms with Crippen LogP contribution in [-0.4, -0.2) is 29.9 Å². The van der Waals surface area contributed by atoms with E-state index in [1.54, 1.807) is 0 Å². The van der Waals surface area contributed by atoms with Gasteiger partial charge >= 0.3 is 5.97 Å². The van der Waals surface area contributed by atoms with Crippen LogP contribution in [-0.2, 0) is 14.3 Å². The summed E-state index contributed by atoms with van der Waals surface area (Å²) in [4.78, 5) is 10.9. The standard InChI is InChI=1S/C10H14O4/c1-6(11)10(12)13-5-7-2-3-8-9(4-7)14-8/h7-9,11H,1-5H2. The Kier molecular flexibility index (Phi) is 2.46. The van der Waals surface area contributed by atoms with Crippen LogP contribution in [0.25, 0.3) is 0 Å². The van der Waals surface area contributed by atoms with Crippen molar-refractivity contribution < 1.29 is 19.4 Å². The molecule has 1 N–H and O–H groups in total. The second kappa shape index (κ2) is 3.61. The summed E-state index contributed by atoms with van der Waals surface area (Å²) in [5.74, 6) is -0.868. The van der Waals surface area contributed by atoms with Gasteiger partial charge in [-0.05, 0) is 31.8 Å². The summed E-state index contributed by atoms with van der Waals surface area (Å²) in [5, 5.41) is 8.72. The lowest BCUT2D eigenvalue weighted by Gasteiger charge is -2.18. The highest BCUT2D eigenvalue weighted by molar-refractivity contribution is 5.84. The van der Waals surface area contributed by atoms with Gasteiger partial charge in [-0.15, -0.1) is 0 Å². The number of carbonyl (C=O) groups excluding carboxylic acids is 1. The third-order valence-corrected chi connectivity index (χ3v) is 2.80. The number of aliphatic hydroxyl groups is 1. The molecule has 4 heteroatoms. The third kappa shape index (κ3) is 2.07. The van der Waals surface area contributed by atoms with E-state index < -0.39 is 11.7 Å². The van der Waals surface area contributed by atoms with Gasteiger partial charge in [0, 0.05) is 0 Å². The van der Waals surface area contributed by atoms with Crippen molar-refractivity contribution in [2.45, 2.75) is 31.5 Å². The Morgan fingerprint density at radius 2 is 2.29 bits per heavy atom. The van der Waals surface area contributed by atoms with Gasteiger partial charge in [0.2, 0.25) is 0 Å². The van der Waals surface area contributed by atoms with Crippen molar-refractivity contribution in [3.63, 3.8) is 0 Å². The summed E-state index contributed by atoms with van der Waals surface area (Å²) in [7, 11) is 0. The van der Waals surface area contributed by atoms with Crippen molar-refractivity contribution in [2.75, 3.05) is 6.61 Å². The molecule has 2 aliphatic rings. The van der Waals surface area contributed by atoms with Crippen LogP contribution in [0.1, 0.15) is 19.3 Å². The smallest absolute Gasteiger partial charge is 0.372 e. The minimum atomic E-state index is -0.719. The molecule has 0 radical (unpaired) electrons. The predicted molar refractivity (Wildman–Crippen MR) is 48.7 cm³/mol. The molecule has 0 aromatic rings. The molecule has 2 fully saturated rings. The molecule has 3 unspecified atom stereocenters. The van der Waals surface area contributed by atoms with Crippen LogP contribution >= 0.6 is 0 Å². The first-order valence-corrected chi connectivity index (χ1v) is 4.87. The summed E-state index contributed by atoms with van der Waals surface area (Å²) in [5.41, 5.74) is 0. The van der Waals surface area contributed by atoms with Crippen molar-refractivity contribution >= 4 is 5.97 Å². The van der Waals surface area contributed by atoms with Gasteiger partial charge in [0.1, 0.15) is 0 Å². The van der Waals surface area contributed by atoms with Crippen LogP contribution in [0.3, 0.4) is 0 Å². The van der Waals surface area contributed by atoms with E-state index in [9.17, 15) is 4.79 Å². The molecular weight excluding hydrogens is 184 g/mol. The molecule has 1 aliphatic carbocycles. The van der Waals surface area contributed by atoms with Gasteiger partial charge in [0.25, 0.3) is 0 Å². The molecule has 4 nitrogen and oxygen atoms in total. The normalized spacial score (nSPS) is 34.4. The van der Waals surface area contributed by atoms with E-state index >= 15 is 0 Å². The first-order chi connectivity index (χ1) is 6.66. The van der Waals surface area contributed by atoms with Gasteiger partial charge in [-0.2, -0.15) is 0 Å². The van der Waals surface area contributed by atoms with Crippen LogP contribution in [0.2, 0.25) is 0 Å². The molecule has 0 spiro atoms. The molecule has 78 valence electrons. The largest absolute Gasteiger partial charge is 0.502 e. The average molecular weight is 198 g/mol. The maximum Gasteiger partial charge on any atom is 0.372 e. The quantitative estimate of drug-likeness (QED) is 0.320. The SMILES string of the molecule is C=C(O)C(=O)OCC1CCC2OC2C1. The Balaban J connectivity index is 1.70. The second-order valence-corrected chi connectivity index (χ2v) is 3.94. The molecular formula is C10H14O4. The topological polar surface area (TPSA) is 59.1 Å². The summed E-state index contributed by atoms with van der Waals surface area (Å²) in [6.07, 6.45) is 3.93. The summed E-state index contributed by atoms with van der Waals surface area (Å²) < 4.78 is 10.2. The van der Waals surface area contributed by atoms with E-state index in [1.165, 1.54) is 0 Å². The van der Waals surface area contributed by atoms with Gasteiger partial charge in [-0.25, -0.2) is 4.79 Å². The zero-order chi connectivity index (χ0) is 10.1. The lowest BCUT2D eigenvalue weighted by Crippen LogP contribution is -2.20. The van der Waals surface area contributed by atoms with Crippen LogP contribution in [0.5, 0.6) is 0 Å². The van der Waals surface area contributed by atoms with E-state index in [-0.39, 0.29) is 0 Å². The van der Waals surface area contributed by atoms with Crippen molar-refractivity contribution in [3.8, 4) is 0 Å². The Hall–Kier alpha value is -1.03. The molecule has 3 atom stereocenters. The van der Waals surface area contributed by atoms with Crippen molar-refractivity contribution in [1.82, 2.24) is 0 Å². The number of rotatable bonds is 3. The molecule has 0 bridgehead atoms. The number of epoxide rings is 1. The molecule has 2 rings (SSSR count). The number of hydrogen-bond donors (Lipinski definition) is 1. The minimum absolute atomic E-state index is 0.366. The van der Waals surface area contributed by atoms with Crippen LogP contribution < -0.4 is 0 Å². The molecule has 1 saturated heterocycles. The Bertz CT molecular complexity index is 261. The molecule has 14 heavy (non-hydrogen) atoms. The molecule has 1 heterocycles. The first kappa shape index (κ1) is 9.52. The van der Waals surface area contributed by atoms with Gasteiger partial charge < -0.3 is 14.6 Å². The predicted octanol–water partition coefficient (Wildman–Crippen LogP) is 1.17. The van der Waals surface area contributed by atoms with Gasteiger partial charge in [0.05, 0.1) is 18.8 Å². The fraction of sp³-hybridized carbons (Fsp3) is 0.700. The van der Waals surface area contributed by atoms with Gasteiger partial charge in [-0.1, -0.05) is 0 Å². The lowest BCUT2D eigenvalue weighted by molar-refractivity contribution is -0.143. The van der Waals surface area contributed by atoms with E-state index in [0.717, 1.165) is 19.3 Å². The second-order valence-electron chi connectivity index (χ2n) is 3.94. The number of ether oxygens (including phenoxy) is 2. The number of hydrogen-bond acceptors (Lipinski definition) is 4. The highest BCUT2D eigenvalue weighted by Gasteiger charge is 2.43. The van der Waals surface area contributed by atoms with Crippen LogP contribution in [0.4, 0.5) is 0 Å². The van der Waals surface area contributed by atoms with E-state index in [0.29, 0.717) is 24.7 Å². The molecule has 1 aliphatic heterocycles. The Labute approximate surface area is 82.5 Å². The molecule has 0 aromatic heterocycles. The Morgan fingerprint density at radius 3 is 2.93 bits per heavy atom. The van der Waals surface area contributed by atoms with E-state index in [1.807, 2.05) is 0 Å². The number of fused-ring (bicyclic) bond motifs is 1. The van der Waals surface area contributed by atoms with Crippen molar-refractivity contribution in [3.05, 3.63) is 12.3 Å². The molecule has 0 aromatic carbocycles. The fourth-order valence-corrected chi connectivity index (χ4v) is 1.91. The lowest BCUT2D eigenvalue weighted by atomic mass is 9.90. The minimum Gasteiger partial charge on any atom is -0.502 e. The number of aliphatic hydroxyl groups excluding tert-OH is 1. The van der Waals surface area contributed by atoms with Crippen LogP contribution in [0.15, 0.2) is 12.3 Å². The maximum absolute atomic E-state index is 10.9. The molecule has 0 amide bonds. The monoisotopic (exact) mass is 198 g/mol. The highest BCUT2D eigenvalue weighted by Crippen LogP contribution is 2.39. The zero-order valence-electron chi connectivity index (χ0n) is 7.94. The average Bonchev–Trinajstić information content (AvgIpc) is 2.91. The third-order valence-electron chi connectivity index (χ3n) is 2.80. The van der Waals surface area contributed by atoms with Crippen LogP contribution in [0, 0.1) is 5.92 Å². The van der Waals surface area contributed by atoms with Gasteiger partial charge in [-0.3, -0.25) is 0 Å². The first-order valence-electron chi connectivity index (χ1n) is 4.87.